The molecule has 0 unspecified atom stereocenters. The van der Waals surface area contributed by atoms with Gasteiger partial charge in [0.1, 0.15) is 6.54 Å². The predicted molar refractivity (Wildman–Crippen MR) is 70.8 cm³/mol. The van der Waals surface area contributed by atoms with E-state index in [0.717, 1.165) is 5.69 Å². The zero-order chi connectivity index (χ0) is 14.3. The van der Waals surface area contributed by atoms with E-state index in [1.54, 1.807) is 36.2 Å². The summed E-state index contributed by atoms with van der Waals surface area (Å²) >= 11 is 0. The van der Waals surface area contributed by atoms with Crippen LogP contribution in [0.1, 0.15) is 12.8 Å². The highest BCUT2D eigenvalue weighted by Crippen LogP contribution is 2.16. The summed E-state index contributed by atoms with van der Waals surface area (Å²) in [5.41, 5.74) is 1.47. The second kappa shape index (κ2) is 7.01. The summed E-state index contributed by atoms with van der Waals surface area (Å²) in [6.45, 7) is 0.282. The largest absolute Gasteiger partial charge is 0.481 e. The third-order valence-corrected chi connectivity index (χ3v) is 2.47. The third-order valence-electron chi connectivity index (χ3n) is 2.47. The van der Waals surface area contributed by atoms with Gasteiger partial charge in [-0.3, -0.25) is 9.59 Å². The zero-order valence-corrected chi connectivity index (χ0v) is 10.6. The number of amides is 1. The first-order valence-corrected chi connectivity index (χ1v) is 5.72. The molecule has 1 aromatic carbocycles. The van der Waals surface area contributed by atoms with Gasteiger partial charge < -0.3 is 15.3 Å². The number of carboxylic acid groups (broad SMARTS) is 1. The van der Waals surface area contributed by atoms with Gasteiger partial charge in [-0.15, -0.1) is 0 Å². The summed E-state index contributed by atoms with van der Waals surface area (Å²) in [5, 5.41) is 19.7. The van der Waals surface area contributed by atoms with Crippen molar-refractivity contribution >= 4 is 23.3 Å². The fourth-order valence-corrected chi connectivity index (χ4v) is 1.44. The summed E-state index contributed by atoms with van der Waals surface area (Å²) in [6.07, 6.45) is -0.236. The Morgan fingerprint density at radius 1 is 1.32 bits per heavy atom. The number of nitrogens with zero attached hydrogens (tertiary/aromatic N) is 2. The van der Waals surface area contributed by atoms with Crippen molar-refractivity contribution in [2.24, 2.45) is 0 Å². The molecule has 0 aliphatic heterocycles. The van der Waals surface area contributed by atoms with Gasteiger partial charge in [0.25, 0.3) is 0 Å². The van der Waals surface area contributed by atoms with Crippen molar-refractivity contribution in [2.75, 3.05) is 23.8 Å². The van der Waals surface area contributed by atoms with E-state index in [2.05, 4.69) is 5.32 Å². The molecular formula is C13H15N3O3. The summed E-state index contributed by atoms with van der Waals surface area (Å²) in [6, 6.07) is 9.02. The maximum atomic E-state index is 11.4. The minimum absolute atomic E-state index is 0.0502. The Bertz CT molecular complexity index is 491. The molecule has 1 aromatic rings. The molecule has 0 saturated carbocycles. The Hall–Kier alpha value is -2.55. The van der Waals surface area contributed by atoms with Crippen LogP contribution in [0.4, 0.5) is 11.4 Å². The Morgan fingerprint density at radius 3 is 2.47 bits per heavy atom. The van der Waals surface area contributed by atoms with Gasteiger partial charge in [0, 0.05) is 24.8 Å². The van der Waals surface area contributed by atoms with Crippen LogP contribution in [0.25, 0.3) is 0 Å². The molecule has 0 spiro atoms. The average Bonchev–Trinajstić information content (AvgIpc) is 2.37. The monoisotopic (exact) mass is 261 g/mol. The second-order valence-electron chi connectivity index (χ2n) is 4.00. The van der Waals surface area contributed by atoms with Gasteiger partial charge >= 0.3 is 5.97 Å². The maximum absolute atomic E-state index is 11.4. The topological polar surface area (TPSA) is 93.4 Å². The molecular weight excluding hydrogens is 246 g/mol. The standard InChI is InChI=1S/C13H15N3O3/c1-16(9-8-14)11-4-2-10(3-5-11)15-12(17)6-7-13(18)19/h2-5H,6-7,9H2,1H3,(H,15,17)(H,18,19). The first-order valence-electron chi connectivity index (χ1n) is 5.72. The van der Waals surface area contributed by atoms with Crippen LogP contribution in [0.5, 0.6) is 0 Å². The van der Waals surface area contributed by atoms with Crippen molar-refractivity contribution in [3.8, 4) is 6.07 Å². The third kappa shape index (κ3) is 5.08. The molecule has 0 bridgehead atoms. The molecule has 6 nitrogen and oxygen atoms in total. The van der Waals surface area contributed by atoms with E-state index < -0.39 is 5.97 Å². The van der Waals surface area contributed by atoms with Crippen LogP contribution >= 0.6 is 0 Å². The van der Waals surface area contributed by atoms with E-state index in [1.807, 2.05) is 6.07 Å². The summed E-state index contributed by atoms with van der Waals surface area (Å²) in [5.74, 6) is -1.33. The van der Waals surface area contributed by atoms with Crippen molar-refractivity contribution in [3.63, 3.8) is 0 Å². The van der Waals surface area contributed by atoms with Crippen LogP contribution in [0.2, 0.25) is 0 Å². The molecule has 19 heavy (non-hydrogen) atoms. The first-order chi connectivity index (χ1) is 9.02. The number of carbonyl (C=O) groups is 2. The molecule has 0 aromatic heterocycles. The van der Waals surface area contributed by atoms with Gasteiger partial charge in [0.05, 0.1) is 12.5 Å². The molecule has 0 aliphatic carbocycles. The molecule has 0 fully saturated rings. The molecule has 2 N–H and O–H groups in total. The van der Waals surface area contributed by atoms with Crippen LogP contribution in [-0.2, 0) is 9.59 Å². The summed E-state index contributed by atoms with van der Waals surface area (Å²) in [4.78, 5) is 23.5. The molecule has 1 rings (SSSR count). The van der Waals surface area contributed by atoms with E-state index in [4.69, 9.17) is 10.4 Å². The van der Waals surface area contributed by atoms with Crippen LogP contribution < -0.4 is 10.2 Å². The van der Waals surface area contributed by atoms with Crippen molar-refractivity contribution < 1.29 is 14.7 Å². The van der Waals surface area contributed by atoms with Crippen LogP contribution in [-0.4, -0.2) is 30.6 Å². The van der Waals surface area contributed by atoms with Crippen molar-refractivity contribution in [1.29, 1.82) is 5.26 Å². The Balaban J connectivity index is 2.55. The number of carboxylic acids is 1. The number of benzene rings is 1. The van der Waals surface area contributed by atoms with Gasteiger partial charge in [0.15, 0.2) is 0 Å². The minimum atomic E-state index is -0.997. The number of anilines is 2. The Morgan fingerprint density at radius 2 is 1.95 bits per heavy atom. The molecule has 6 heteroatoms. The minimum Gasteiger partial charge on any atom is -0.481 e. The maximum Gasteiger partial charge on any atom is 0.303 e. The van der Waals surface area contributed by atoms with Crippen LogP contribution in [0.15, 0.2) is 24.3 Å². The van der Waals surface area contributed by atoms with E-state index >= 15 is 0 Å². The highest BCUT2D eigenvalue weighted by molar-refractivity contribution is 5.92. The highest BCUT2D eigenvalue weighted by Gasteiger charge is 2.06. The number of rotatable bonds is 6. The second-order valence-corrected chi connectivity index (χ2v) is 4.00. The lowest BCUT2D eigenvalue weighted by molar-refractivity contribution is -0.138. The zero-order valence-electron chi connectivity index (χ0n) is 10.6. The van der Waals surface area contributed by atoms with Gasteiger partial charge in [0.2, 0.25) is 5.91 Å². The summed E-state index contributed by atoms with van der Waals surface area (Å²) < 4.78 is 0. The molecule has 0 aliphatic rings. The lowest BCUT2D eigenvalue weighted by Gasteiger charge is -2.15. The molecule has 1 amide bonds. The Labute approximate surface area is 111 Å². The number of aliphatic carboxylic acids is 1. The normalized spacial score (nSPS) is 9.47. The fourth-order valence-electron chi connectivity index (χ4n) is 1.44. The van der Waals surface area contributed by atoms with Gasteiger partial charge in [-0.2, -0.15) is 5.26 Å². The highest BCUT2D eigenvalue weighted by atomic mass is 16.4. The number of hydrogen-bond donors (Lipinski definition) is 2. The van der Waals surface area contributed by atoms with Gasteiger partial charge in [-0.05, 0) is 24.3 Å². The van der Waals surface area contributed by atoms with E-state index in [0.29, 0.717) is 5.69 Å². The Kier molecular flexibility index (Phi) is 5.35. The molecule has 0 radical (unpaired) electrons. The van der Waals surface area contributed by atoms with Crippen molar-refractivity contribution in [1.82, 2.24) is 0 Å². The van der Waals surface area contributed by atoms with E-state index in [1.165, 1.54) is 0 Å². The average molecular weight is 261 g/mol. The fraction of sp³-hybridized carbons (Fsp3) is 0.308. The van der Waals surface area contributed by atoms with Gasteiger partial charge in [-0.1, -0.05) is 0 Å². The molecule has 0 atom stereocenters. The summed E-state index contributed by atoms with van der Waals surface area (Å²) in [7, 11) is 1.80. The first kappa shape index (κ1) is 14.5. The van der Waals surface area contributed by atoms with E-state index in [-0.39, 0.29) is 25.3 Å². The smallest absolute Gasteiger partial charge is 0.303 e. The number of nitrogens with one attached hydrogen (secondary N) is 1. The quantitative estimate of drug-likeness (QED) is 0.756. The van der Waals surface area contributed by atoms with E-state index in [9.17, 15) is 9.59 Å². The molecule has 100 valence electrons. The lowest BCUT2D eigenvalue weighted by atomic mass is 10.2. The predicted octanol–water partition coefficient (Wildman–Crippen LogP) is 1.45. The number of nitriles is 1. The van der Waals surface area contributed by atoms with Crippen molar-refractivity contribution in [3.05, 3.63) is 24.3 Å². The molecule has 0 saturated heterocycles. The van der Waals surface area contributed by atoms with Gasteiger partial charge in [-0.25, -0.2) is 0 Å². The van der Waals surface area contributed by atoms with Crippen LogP contribution in [0, 0.1) is 11.3 Å². The number of hydrogen-bond acceptors (Lipinski definition) is 4. The van der Waals surface area contributed by atoms with Crippen LogP contribution in [0.3, 0.4) is 0 Å². The lowest BCUT2D eigenvalue weighted by Crippen LogP contribution is -2.17. The number of carbonyl (C=O) groups excluding carboxylic acids is 1. The SMILES string of the molecule is CN(CC#N)c1ccc(NC(=O)CCC(=O)O)cc1. The molecule has 0 heterocycles. The van der Waals surface area contributed by atoms with Crippen molar-refractivity contribution in [2.45, 2.75) is 12.8 Å².